The predicted molar refractivity (Wildman–Crippen MR) is 144 cm³/mol. The van der Waals surface area contributed by atoms with Gasteiger partial charge >= 0.3 is 0 Å². The lowest BCUT2D eigenvalue weighted by atomic mass is 10.1. The highest BCUT2D eigenvalue weighted by atomic mass is 32.2. The monoisotopic (exact) mass is 538 g/mol. The van der Waals surface area contributed by atoms with Gasteiger partial charge in [0.1, 0.15) is 12.6 Å². The standard InChI is InChI=1S/C27H30N4O6S/c1-3-28-27(33)21(2)29(19-18-22-10-6-4-7-11-22)26(32)20-30(23-14-16-24(17-15-23)31(34)35)38(36,37)25-12-8-5-9-13-25/h4-17,21H,3,18-20H2,1-2H3,(H,28,33)/t21-/m0/s1. The smallest absolute Gasteiger partial charge is 0.269 e. The van der Waals surface area contributed by atoms with Gasteiger partial charge in [-0.15, -0.1) is 0 Å². The highest BCUT2D eigenvalue weighted by Crippen LogP contribution is 2.26. The summed E-state index contributed by atoms with van der Waals surface area (Å²) in [5.41, 5.74) is 0.825. The van der Waals surface area contributed by atoms with Crippen molar-refractivity contribution in [2.45, 2.75) is 31.2 Å². The molecule has 0 bridgehead atoms. The number of nitrogens with one attached hydrogen (secondary N) is 1. The van der Waals surface area contributed by atoms with Crippen LogP contribution < -0.4 is 9.62 Å². The molecule has 0 unspecified atom stereocenters. The van der Waals surface area contributed by atoms with Crippen molar-refractivity contribution < 1.29 is 22.9 Å². The van der Waals surface area contributed by atoms with Crippen molar-refractivity contribution in [1.29, 1.82) is 0 Å². The molecule has 3 rings (SSSR count). The number of hydrogen-bond acceptors (Lipinski definition) is 6. The lowest BCUT2D eigenvalue weighted by molar-refractivity contribution is -0.384. The van der Waals surface area contributed by atoms with E-state index in [1.807, 2.05) is 30.3 Å². The molecular weight excluding hydrogens is 508 g/mol. The van der Waals surface area contributed by atoms with E-state index in [0.717, 1.165) is 9.87 Å². The summed E-state index contributed by atoms with van der Waals surface area (Å²) in [6, 6.07) is 21.1. The average molecular weight is 539 g/mol. The van der Waals surface area contributed by atoms with Gasteiger partial charge in [-0.05, 0) is 50.1 Å². The molecule has 3 aromatic rings. The number of rotatable bonds is 12. The van der Waals surface area contributed by atoms with E-state index < -0.39 is 33.4 Å². The molecule has 0 aliphatic carbocycles. The Labute approximate surface area is 222 Å². The molecule has 1 atom stereocenters. The molecule has 0 spiro atoms. The van der Waals surface area contributed by atoms with Gasteiger partial charge in [0.2, 0.25) is 11.8 Å². The first-order valence-electron chi connectivity index (χ1n) is 12.1. The third kappa shape index (κ3) is 6.94. The molecule has 38 heavy (non-hydrogen) atoms. The van der Waals surface area contributed by atoms with Gasteiger partial charge < -0.3 is 10.2 Å². The Bertz CT molecular complexity index is 1350. The van der Waals surface area contributed by atoms with Crippen LogP contribution >= 0.6 is 0 Å². The van der Waals surface area contributed by atoms with Gasteiger partial charge in [-0.3, -0.25) is 24.0 Å². The number of hydrogen-bond donors (Lipinski definition) is 1. The van der Waals surface area contributed by atoms with Gasteiger partial charge in [-0.2, -0.15) is 0 Å². The van der Waals surface area contributed by atoms with Gasteiger partial charge in [-0.1, -0.05) is 48.5 Å². The molecule has 3 aromatic carbocycles. The number of likely N-dealkylation sites (N-methyl/N-ethyl adjacent to an activating group) is 1. The molecule has 0 aromatic heterocycles. The van der Waals surface area contributed by atoms with Crippen LogP contribution in [0.15, 0.2) is 89.8 Å². The van der Waals surface area contributed by atoms with Crippen LogP contribution in [0.3, 0.4) is 0 Å². The number of carbonyl (C=O) groups excluding carboxylic acids is 2. The molecule has 0 saturated carbocycles. The number of non-ortho nitro benzene ring substituents is 1. The molecule has 200 valence electrons. The van der Waals surface area contributed by atoms with Crippen LogP contribution in [-0.2, 0) is 26.0 Å². The first-order valence-corrected chi connectivity index (χ1v) is 13.5. The Kier molecular flexibility index (Phi) is 9.55. The number of nitro groups is 1. The molecule has 10 nitrogen and oxygen atoms in total. The number of benzene rings is 3. The van der Waals surface area contributed by atoms with Crippen LogP contribution in [-0.4, -0.2) is 55.7 Å². The number of nitrogens with zero attached hydrogens (tertiary/aromatic N) is 3. The quantitative estimate of drug-likeness (QED) is 0.278. The van der Waals surface area contributed by atoms with Crippen molar-refractivity contribution in [3.63, 3.8) is 0 Å². The number of nitro benzene ring substituents is 1. The van der Waals surface area contributed by atoms with E-state index in [2.05, 4.69) is 5.32 Å². The zero-order valence-corrected chi connectivity index (χ0v) is 22.0. The van der Waals surface area contributed by atoms with Gasteiger partial charge in [0.05, 0.1) is 15.5 Å². The Morgan fingerprint density at radius 2 is 1.53 bits per heavy atom. The second-order valence-corrected chi connectivity index (χ2v) is 10.4. The zero-order valence-electron chi connectivity index (χ0n) is 21.2. The summed E-state index contributed by atoms with van der Waals surface area (Å²) in [5, 5.41) is 13.8. The molecule has 0 radical (unpaired) electrons. The summed E-state index contributed by atoms with van der Waals surface area (Å²) in [4.78, 5) is 38.2. The van der Waals surface area contributed by atoms with Crippen LogP contribution in [0.1, 0.15) is 19.4 Å². The first kappa shape index (κ1) is 28.3. The van der Waals surface area contributed by atoms with Gasteiger partial charge in [0.15, 0.2) is 0 Å². The molecule has 2 amide bonds. The minimum absolute atomic E-state index is 0.0428. The fourth-order valence-corrected chi connectivity index (χ4v) is 5.32. The van der Waals surface area contributed by atoms with Crippen LogP contribution in [0.5, 0.6) is 0 Å². The predicted octanol–water partition coefficient (Wildman–Crippen LogP) is 3.39. The second kappa shape index (κ2) is 12.8. The van der Waals surface area contributed by atoms with Crippen molar-refractivity contribution in [3.05, 3.63) is 101 Å². The fraction of sp³-hybridized carbons (Fsp3) is 0.259. The SMILES string of the molecule is CCNC(=O)[C@H](C)N(CCc1ccccc1)C(=O)CN(c1ccc([N+](=O)[O-])cc1)S(=O)(=O)c1ccccc1. The number of sulfonamides is 1. The Morgan fingerprint density at radius 1 is 0.947 bits per heavy atom. The van der Waals surface area contributed by atoms with E-state index in [0.29, 0.717) is 13.0 Å². The molecule has 0 aliphatic heterocycles. The van der Waals surface area contributed by atoms with Crippen molar-refractivity contribution in [2.24, 2.45) is 0 Å². The maximum Gasteiger partial charge on any atom is 0.269 e. The summed E-state index contributed by atoms with van der Waals surface area (Å²) in [7, 11) is -4.22. The Morgan fingerprint density at radius 3 is 2.08 bits per heavy atom. The van der Waals surface area contributed by atoms with E-state index in [4.69, 9.17) is 0 Å². The van der Waals surface area contributed by atoms with Gasteiger partial charge in [-0.25, -0.2) is 8.42 Å². The lowest BCUT2D eigenvalue weighted by Crippen LogP contribution is -2.52. The molecule has 0 saturated heterocycles. The third-order valence-corrected chi connectivity index (χ3v) is 7.75. The summed E-state index contributed by atoms with van der Waals surface area (Å²) in [6.07, 6.45) is 0.458. The molecule has 0 heterocycles. The third-order valence-electron chi connectivity index (χ3n) is 5.96. The summed E-state index contributed by atoms with van der Waals surface area (Å²) >= 11 is 0. The number of anilines is 1. The van der Waals surface area contributed by atoms with Crippen molar-refractivity contribution in [3.8, 4) is 0 Å². The zero-order chi connectivity index (χ0) is 27.7. The molecule has 0 fully saturated rings. The van der Waals surface area contributed by atoms with Crippen LogP contribution in [0.4, 0.5) is 11.4 Å². The van der Waals surface area contributed by atoms with E-state index >= 15 is 0 Å². The highest BCUT2D eigenvalue weighted by molar-refractivity contribution is 7.92. The minimum atomic E-state index is -4.22. The van der Waals surface area contributed by atoms with Crippen LogP contribution in [0, 0.1) is 10.1 Å². The van der Waals surface area contributed by atoms with E-state index in [1.165, 1.54) is 41.3 Å². The first-order chi connectivity index (χ1) is 18.1. The van der Waals surface area contributed by atoms with Gasteiger partial charge in [0, 0.05) is 25.2 Å². The maximum atomic E-state index is 13.7. The topological polar surface area (TPSA) is 130 Å². The normalized spacial score (nSPS) is 11.8. The van der Waals surface area contributed by atoms with Crippen molar-refractivity contribution in [1.82, 2.24) is 10.2 Å². The van der Waals surface area contributed by atoms with E-state index in [-0.39, 0.29) is 28.7 Å². The molecule has 11 heteroatoms. The summed E-state index contributed by atoms with van der Waals surface area (Å²) in [6.45, 7) is 3.31. The van der Waals surface area contributed by atoms with Crippen LogP contribution in [0.25, 0.3) is 0 Å². The number of amides is 2. The van der Waals surface area contributed by atoms with E-state index in [9.17, 15) is 28.1 Å². The second-order valence-electron chi connectivity index (χ2n) is 8.49. The fourth-order valence-electron chi connectivity index (χ4n) is 3.88. The molecular formula is C27H30N4O6S. The molecule has 0 aliphatic rings. The maximum absolute atomic E-state index is 13.7. The van der Waals surface area contributed by atoms with Gasteiger partial charge in [0.25, 0.3) is 15.7 Å². The lowest BCUT2D eigenvalue weighted by Gasteiger charge is -2.32. The Balaban J connectivity index is 1.98. The van der Waals surface area contributed by atoms with Crippen LogP contribution in [0.2, 0.25) is 0 Å². The Hall–Kier alpha value is -4.25. The average Bonchev–Trinajstić information content (AvgIpc) is 2.93. The largest absolute Gasteiger partial charge is 0.355 e. The highest BCUT2D eigenvalue weighted by Gasteiger charge is 2.32. The van der Waals surface area contributed by atoms with Crippen molar-refractivity contribution >= 4 is 33.2 Å². The van der Waals surface area contributed by atoms with E-state index in [1.54, 1.807) is 32.0 Å². The minimum Gasteiger partial charge on any atom is -0.355 e. The summed E-state index contributed by atoms with van der Waals surface area (Å²) in [5.74, 6) is -0.945. The summed E-state index contributed by atoms with van der Waals surface area (Å²) < 4.78 is 28.2. The molecule has 1 N–H and O–H groups in total. The van der Waals surface area contributed by atoms with Crippen molar-refractivity contribution in [2.75, 3.05) is 23.9 Å². The number of carbonyl (C=O) groups is 2.